The summed E-state index contributed by atoms with van der Waals surface area (Å²) in [6, 6.07) is 11.5. The van der Waals surface area contributed by atoms with Gasteiger partial charge in [0.15, 0.2) is 0 Å². The third-order valence-electron chi connectivity index (χ3n) is 2.55. The summed E-state index contributed by atoms with van der Waals surface area (Å²) in [6.07, 6.45) is 0. The molecule has 0 radical (unpaired) electrons. The lowest BCUT2D eigenvalue weighted by Crippen LogP contribution is -2.13. The second-order valence-corrected chi connectivity index (χ2v) is 5.37. The van der Waals surface area contributed by atoms with Crippen LogP contribution in [-0.2, 0) is 0 Å². The maximum Gasteiger partial charge on any atom is 0.255 e. The molecule has 0 heterocycles. The molecule has 0 unspecified atom stereocenters. The van der Waals surface area contributed by atoms with Crippen molar-refractivity contribution in [3.63, 3.8) is 0 Å². The number of carbonyl (C=O) groups is 1. The lowest BCUT2D eigenvalue weighted by molar-refractivity contribution is 0.102. The third-order valence-corrected chi connectivity index (χ3v) is 3.22. The number of thiocarbonyl (C=S) groups is 1. The minimum absolute atomic E-state index is 0.266. The monoisotopic (exact) mass is 324 g/mol. The first-order valence-electron chi connectivity index (χ1n) is 5.63. The molecule has 0 saturated heterocycles. The summed E-state index contributed by atoms with van der Waals surface area (Å²) in [4.78, 5) is 12.3. The molecule has 0 aromatic heterocycles. The van der Waals surface area contributed by atoms with E-state index < -0.39 is 0 Å². The summed E-state index contributed by atoms with van der Waals surface area (Å²) in [6.45, 7) is 0. The van der Waals surface area contributed by atoms with Gasteiger partial charge in [0.2, 0.25) is 0 Å². The normalized spacial score (nSPS) is 10.1. The smallest absolute Gasteiger partial charge is 0.255 e. The third kappa shape index (κ3) is 3.70. The second-order valence-electron chi connectivity index (χ2n) is 4.05. The van der Waals surface area contributed by atoms with Gasteiger partial charge in [0.25, 0.3) is 5.91 Å². The van der Waals surface area contributed by atoms with Crippen molar-refractivity contribution in [2.75, 3.05) is 5.32 Å². The number of hydrogen-bond donors (Lipinski definition) is 2. The quantitative estimate of drug-likeness (QED) is 0.842. The van der Waals surface area contributed by atoms with Crippen molar-refractivity contribution < 1.29 is 4.79 Å². The SMILES string of the molecule is NC(=S)c1ccc(C(=O)Nc2cc(Cl)cc(Cl)c2)cc1. The van der Waals surface area contributed by atoms with E-state index in [0.29, 0.717) is 31.8 Å². The van der Waals surface area contributed by atoms with E-state index in [9.17, 15) is 4.79 Å². The van der Waals surface area contributed by atoms with Gasteiger partial charge >= 0.3 is 0 Å². The molecule has 0 spiro atoms. The van der Waals surface area contributed by atoms with Crippen LogP contribution in [0.5, 0.6) is 0 Å². The molecule has 20 heavy (non-hydrogen) atoms. The van der Waals surface area contributed by atoms with Gasteiger partial charge in [0.05, 0.1) is 0 Å². The van der Waals surface area contributed by atoms with Gasteiger partial charge in [-0.05, 0) is 30.3 Å². The van der Waals surface area contributed by atoms with E-state index in [1.807, 2.05) is 0 Å². The van der Waals surface area contributed by atoms with Gasteiger partial charge in [-0.2, -0.15) is 0 Å². The topological polar surface area (TPSA) is 55.1 Å². The molecule has 0 atom stereocenters. The lowest BCUT2D eigenvalue weighted by Gasteiger charge is -2.07. The molecular weight excluding hydrogens is 315 g/mol. The Bertz CT molecular complexity index is 651. The van der Waals surface area contributed by atoms with Gasteiger partial charge < -0.3 is 11.1 Å². The molecule has 1 amide bonds. The molecule has 102 valence electrons. The number of anilines is 1. The standard InChI is InChI=1S/C14H10Cl2N2OS/c15-10-5-11(16)7-12(6-10)18-14(19)9-3-1-8(2-4-9)13(17)20/h1-7H,(H2,17,20)(H,18,19). The number of nitrogens with two attached hydrogens (primary N) is 1. The minimum Gasteiger partial charge on any atom is -0.389 e. The molecule has 0 aliphatic carbocycles. The van der Waals surface area contributed by atoms with Crippen molar-refractivity contribution in [2.45, 2.75) is 0 Å². The molecule has 0 saturated carbocycles. The van der Waals surface area contributed by atoms with Crippen LogP contribution < -0.4 is 11.1 Å². The average Bonchev–Trinajstić information content (AvgIpc) is 2.37. The van der Waals surface area contributed by atoms with E-state index in [-0.39, 0.29) is 5.91 Å². The molecule has 3 N–H and O–H groups in total. The zero-order chi connectivity index (χ0) is 14.7. The number of benzene rings is 2. The second kappa shape index (κ2) is 6.22. The fraction of sp³-hybridized carbons (Fsp3) is 0. The molecule has 0 bridgehead atoms. The van der Waals surface area contributed by atoms with Crippen LogP contribution in [0.15, 0.2) is 42.5 Å². The predicted molar refractivity (Wildman–Crippen MR) is 86.7 cm³/mol. The van der Waals surface area contributed by atoms with Gasteiger partial charge in [-0.3, -0.25) is 4.79 Å². The predicted octanol–water partition coefficient (Wildman–Crippen LogP) is 3.88. The summed E-state index contributed by atoms with van der Waals surface area (Å²) in [5.41, 5.74) is 7.23. The van der Waals surface area contributed by atoms with Crippen LogP contribution in [0.1, 0.15) is 15.9 Å². The molecule has 6 heteroatoms. The van der Waals surface area contributed by atoms with Crippen LogP contribution in [0.2, 0.25) is 10.0 Å². The first-order chi connectivity index (χ1) is 9.45. The van der Waals surface area contributed by atoms with Gasteiger partial charge in [0, 0.05) is 26.9 Å². The molecule has 2 aromatic rings. The van der Waals surface area contributed by atoms with Crippen LogP contribution in [0.25, 0.3) is 0 Å². The number of hydrogen-bond acceptors (Lipinski definition) is 2. The number of halogens is 2. The number of carbonyl (C=O) groups excluding carboxylic acids is 1. The van der Waals surface area contributed by atoms with E-state index >= 15 is 0 Å². The maximum atomic E-state index is 12.1. The largest absolute Gasteiger partial charge is 0.389 e. The highest BCUT2D eigenvalue weighted by Crippen LogP contribution is 2.22. The van der Waals surface area contributed by atoms with Gasteiger partial charge in [-0.25, -0.2) is 0 Å². The highest BCUT2D eigenvalue weighted by Gasteiger charge is 2.07. The van der Waals surface area contributed by atoms with Gasteiger partial charge in [-0.15, -0.1) is 0 Å². The van der Waals surface area contributed by atoms with Gasteiger partial charge in [0.1, 0.15) is 4.99 Å². The van der Waals surface area contributed by atoms with E-state index in [2.05, 4.69) is 5.32 Å². The van der Waals surface area contributed by atoms with E-state index in [1.54, 1.807) is 42.5 Å². The van der Waals surface area contributed by atoms with Crippen LogP contribution in [-0.4, -0.2) is 10.9 Å². The highest BCUT2D eigenvalue weighted by atomic mass is 35.5. The zero-order valence-electron chi connectivity index (χ0n) is 10.2. The fourth-order valence-corrected chi connectivity index (χ4v) is 2.28. The zero-order valence-corrected chi connectivity index (χ0v) is 12.5. The molecule has 0 aliphatic rings. The van der Waals surface area contributed by atoms with E-state index in [4.69, 9.17) is 41.2 Å². The van der Waals surface area contributed by atoms with Crippen molar-refractivity contribution in [1.82, 2.24) is 0 Å². The number of amides is 1. The van der Waals surface area contributed by atoms with Crippen molar-refractivity contribution in [3.8, 4) is 0 Å². The minimum atomic E-state index is -0.266. The molecule has 0 aliphatic heterocycles. The van der Waals surface area contributed by atoms with Crippen molar-refractivity contribution in [1.29, 1.82) is 0 Å². The first kappa shape index (κ1) is 14.8. The Hall–Kier alpha value is -1.62. The summed E-state index contributed by atoms with van der Waals surface area (Å²) < 4.78 is 0. The first-order valence-corrected chi connectivity index (χ1v) is 6.79. The Morgan fingerprint density at radius 2 is 1.50 bits per heavy atom. The molecule has 2 aromatic carbocycles. The highest BCUT2D eigenvalue weighted by molar-refractivity contribution is 7.80. The Morgan fingerprint density at radius 1 is 1.00 bits per heavy atom. The van der Waals surface area contributed by atoms with Crippen LogP contribution in [0.4, 0.5) is 5.69 Å². The fourth-order valence-electron chi connectivity index (χ4n) is 1.62. The van der Waals surface area contributed by atoms with Crippen molar-refractivity contribution >= 4 is 52.0 Å². The summed E-state index contributed by atoms with van der Waals surface area (Å²) in [5.74, 6) is -0.266. The van der Waals surface area contributed by atoms with Crippen LogP contribution >= 0.6 is 35.4 Å². The Labute approximate surface area is 131 Å². The summed E-state index contributed by atoms with van der Waals surface area (Å²) in [7, 11) is 0. The maximum absolute atomic E-state index is 12.1. The van der Waals surface area contributed by atoms with Crippen molar-refractivity contribution in [2.24, 2.45) is 5.73 Å². The van der Waals surface area contributed by atoms with E-state index in [1.165, 1.54) is 0 Å². The summed E-state index contributed by atoms with van der Waals surface area (Å²) in [5, 5.41) is 3.63. The number of rotatable bonds is 3. The lowest BCUT2D eigenvalue weighted by atomic mass is 10.1. The molecule has 3 nitrogen and oxygen atoms in total. The van der Waals surface area contributed by atoms with E-state index in [0.717, 1.165) is 0 Å². The van der Waals surface area contributed by atoms with Crippen LogP contribution in [0, 0.1) is 0 Å². The Morgan fingerprint density at radius 3 is 2.00 bits per heavy atom. The Kier molecular flexibility index (Phi) is 4.60. The van der Waals surface area contributed by atoms with Crippen LogP contribution in [0.3, 0.4) is 0 Å². The van der Waals surface area contributed by atoms with Crippen molar-refractivity contribution in [3.05, 3.63) is 63.6 Å². The molecule has 0 fully saturated rings. The Balaban J connectivity index is 2.17. The molecule has 2 rings (SSSR count). The average molecular weight is 325 g/mol. The number of nitrogens with one attached hydrogen (secondary N) is 1. The summed E-state index contributed by atoms with van der Waals surface area (Å²) >= 11 is 16.6. The van der Waals surface area contributed by atoms with Gasteiger partial charge in [-0.1, -0.05) is 47.6 Å². The molecular formula is C14H10Cl2N2OS.